The van der Waals surface area contributed by atoms with Gasteiger partial charge in [-0.05, 0) is 49.2 Å². The molecule has 4 rings (SSSR count). The van der Waals surface area contributed by atoms with E-state index in [0.717, 1.165) is 11.5 Å². The fourth-order valence-corrected chi connectivity index (χ4v) is 4.10. The number of pyridine rings is 1. The van der Waals surface area contributed by atoms with Crippen LogP contribution in [0.25, 0.3) is 5.65 Å². The zero-order chi connectivity index (χ0) is 21.8. The number of imidazole rings is 1. The molecular weight excluding hydrogens is 394 g/mol. The molecule has 0 bridgehead atoms. The molecule has 1 aliphatic heterocycles. The Hall–Kier alpha value is -3.10. The predicted molar refractivity (Wildman–Crippen MR) is 120 cm³/mol. The minimum atomic E-state index is -0.909. The molecule has 0 spiro atoms. The van der Waals surface area contributed by atoms with Gasteiger partial charge in [-0.15, -0.1) is 0 Å². The third-order valence-corrected chi connectivity index (χ3v) is 5.79. The lowest BCUT2D eigenvalue weighted by Crippen LogP contribution is -2.51. The highest BCUT2D eigenvalue weighted by atomic mass is 16.5. The number of carbonyl (C=O) groups excluding carboxylic acids is 1. The van der Waals surface area contributed by atoms with Crippen molar-refractivity contribution in [3.63, 3.8) is 0 Å². The Morgan fingerprint density at radius 1 is 1.23 bits per heavy atom. The maximum absolute atomic E-state index is 12.8. The molecule has 0 radical (unpaired) electrons. The molecule has 3 N–H and O–H groups in total. The molecule has 1 saturated heterocycles. The first-order valence-corrected chi connectivity index (χ1v) is 10.6. The van der Waals surface area contributed by atoms with Gasteiger partial charge in [0.1, 0.15) is 23.8 Å². The Morgan fingerprint density at radius 3 is 2.68 bits per heavy atom. The molecule has 3 heterocycles. The van der Waals surface area contributed by atoms with Crippen LogP contribution in [-0.2, 0) is 0 Å². The molecule has 31 heavy (non-hydrogen) atoms. The van der Waals surface area contributed by atoms with Crippen LogP contribution in [0.2, 0.25) is 0 Å². The van der Waals surface area contributed by atoms with Gasteiger partial charge in [-0.3, -0.25) is 9.20 Å². The Morgan fingerprint density at radius 2 is 1.97 bits per heavy atom. The van der Waals surface area contributed by atoms with Crippen LogP contribution in [0.1, 0.15) is 23.2 Å². The Labute approximate surface area is 181 Å². The van der Waals surface area contributed by atoms with Crippen LogP contribution in [0.4, 0.5) is 5.82 Å². The second-order valence-corrected chi connectivity index (χ2v) is 8.07. The van der Waals surface area contributed by atoms with E-state index < -0.39 is 5.60 Å². The van der Waals surface area contributed by atoms with Gasteiger partial charge in [0.2, 0.25) is 0 Å². The summed E-state index contributed by atoms with van der Waals surface area (Å²) < 4.78 is 7.51. The Bertz CT molecular complexity index is 1030. The third kappa shape index (κ3) is 4.65. The van der Waals surface area contributed by atoms with Crippen molar-refractivity contribution in [2.75, 3.05) is 44.7 Å². The van der Waals surface area contributed by atoms with E-state index >= 15 is 0 Å². The number of anilines is 1. The van der Waals surface area contributed by atoms with E-state index in [9.17, 15) is 9.90 Å². The maximum atomic E-state index is 12.8. The first kappa shape index (κ1) is 21.1. The zero-order valence-electron chi connectivity index (χ0n) is 17.8. The number of amides is 1. The van der Waals surface area contributed by atoms with Crippen LogP contribution in [-0.4, -0.2) is 70.7 Å². The number of benzene rings is 1. The SMILES string of the molecule is CN(CC1(O)CCN(c2cccc3nccn23)CC1)C(=O)c1ccc(OCCN)cc1. The van der Waals surface area contributed by atoms with E-state index in [-0.39, 0.29) is 5.91 Å². The number of fused-ring (bicyclic) bond motifs is 1. The monoisotopic (exact) mass is 423 g/mol. The summed E-state index contributed by atoms with van der Waals surface area (Å²) in [6.07, 6.45) is 4.91. The standard InChI is InChI=1S/C23H29N5O3/c1-26(22(29)18-5-7-19(8-6-18)31-16-11-24)17-23(30)9-13-27(14-10-23)21-4-2-3-20-25-12-15-28(20)21/h2-8,12,15,30H,9-11,13-14,16-17,24H2,1H3. The first-order valence-electron chi connectivity index (χ1n) is 10.6. The predicted octanol–water partition coefficient (Wildman–Crippen LogP) is 1.78. The molecule has 164 valence electrons. The van der Waals surface area contributed by atoms with Crippen LogP contribution in [0, 0.1) is 0 Å². The lowest BCUT2D eigenvalue weighted by Gasteiger charge is -2.41. The number of aliphatic hydroxyl groups is 1. The molecule has 2 aromatic heterocycles. The van der Waals surface area contributed by atoms with Crippen molar-refractivity contribution in [3.05, 3.63) is 60.4 Å². The second kappa shape index (κ2) is 8.95. The summed E-state index contributed by atoms with van der Waals surface area (Å²) in [5.74, 6) is 1.63. The Balaban J connectivity index is 1.36. The van der Waals surface area contributed by atoms with Gasteiger partial charge in [0.25, 0.3) is 5.91 Å². The number of ether oxygens (including phenoxy) is 1. The van der Waals surface area contributed by atoms with Crippen molar-refractivity contribution in [1.82, 2.24) is 14.3 Å². The molecule has 1 aromatic carbocycles. The Kier molecular flexibility index (Phi) is 6.11. The van der Waals surface area contributed by atoms with Gasteiger partial charge in [0.15, 0.2) is 0 Å². The molecule has 0 saturated carbocycles. The number of aromatic nitrogens is 2. The quantitative estimate of drug-likeness (QED) is 0.601. The average molecular weight is 424 g/mol. The first-order chi connectivity index (χ1) is 15.0. The number of nitrogens with zero attached hydrogens (tertiary/aromatic N) is 4. The highest BCUT2D eigenvalue weighted by Crippen LogP contribution is 2.28. The van der Waals surface area contributed by atoms with Gasteiger partial charge in [0, 0.05) is 51.2 Å². The van der Waals surface area contributed by atoms with E-state index in [4.69, 9.17) is 10.5 Å². The van der Waals surface area contributed by atoms with Crippen molar-refractivity contribution >= 4 is 17.4 Å². The topological polar surface area (TPSA) is 96.3 Å². The molecule has 1 amide bonds. The van der Waals surface area contributed by atoms with Gasteiger partial charge in [0.05, 0.1) is 5.60 Å². The molecule has 0 unspecified atom stereocenters. The van der Waals surface area contributed by atoms with Gasteiger partial charge in [-0.25, -0.2) is 4.98 Å². The summed E-state index contributed by atoms with van der Waals surface area (Å²) in [7, 11) is 1.73. The van der Waals surface area contributed by atoms with Crippen molar-refractivity contribution in [2.24, 2.45) is 5.73 Å². The van der Waals surface area contributed by atoms with E-state index in [1.165, 1.54) is 0 Å². The lowest BCUT2D eigenvalue weighted by molar-refractivity contribution is -0.00813. The van der Waals surface area contributed by atoms with Crippen LogP contribution in [0.3, 0.4) is 0 Å². The van der Waals surface area contributed by atoms with Gasteiger partial charge in [-0.1, -0.05) is 6.07 Å². The lowest BCUT2D eigenvalue weighted by atomic mass is 9.90. The summed E-state index contributed by atoms with van der Waals surface area (Å²) in [5.41, 5.74) is 6.00. The number of carbonyl (C=O) groups is 1. The van der Waals surface area contributed by atoms with Crippen LogP contribution >= 0.6 is 0 Å². The van der Waals surface area contributed by atoms with Gasteiger partial charge in [-0.2, -0.15) is 0 Å². The highest BCUT2D eigenvalue weighted by Gasteiger charge is 2.35. The molecule has 1 fully saturated rings. The summed E-state index contributed by atoms with van der Waals surface area (Å²) in [4.78, 5) is 21.0. The summed E-state index contributed by atoms with van der Waals surface area (Å²) in [6, 6.07) is 13.0. The second-order valence-electron chi connectivity index (χ2n) is 8.07. The number of likely N-dealkylation sites (N-methyl/N-ethyl adjacent to an activating group) is 1. The van der Waals surface area contributed by atoms with Crippen molar-refractivity contribution < 1.29 is 14.6 Å². The van der Waals surface area contributed by atoms with Crippen LogP contribution in [0.5, 0.6) is 5.75 Å². The minimum absolute atomic E-state index is 0.121. The molecule has 3 aromatic rings. The number of nitrogens with two attached hydrogens (primary N) is 1. The van der Waals surface area contributed by atoms with E-state index in [2.05, 4.69) is 20.4 Å². The third-order valence-electron chi connectivity index (χ3n) is 5.79. The molecule has 1 aliphatic rings. The zero-order valence-corrected chi connectivity index (χ0v) is 17.8. The largest absolute Gasteiger partial charge is 0.492 e. The fourth-order valence-electron chi connectivity index (χ4n) is 4.10. The van der Waals surface area contributed by atoms with E-state index in [1.807, 2.05) is 18.3 Å². The molecule has 0 atom stereocenters. The van der Waals surface area contributed by atoms with E-state index in [1.54, 1.807) is 42.4 Å². The maximum Gasteiger partial charge on any atom is 0.253 e. The van der Waals surface area contributed by atoms with Crippen molar-refractivity contribution in [1.29, 1.82) is 0 Å². The summed E-state index contributed by atoms with van der Waals surface area (Å²) in [5, 5.41) is 11.1. The van der Waals surface area contributed by atoms with Crippen molar-refractivity contribution in [2.45, 2.75) is 18.4 Å². The van der Waals surface area contributed by atoms with Gasteiger partial charge >= 0.3 is 0 Å². The van der Waals surface area contributed by atoms with Crippen LogP contribution < -0.4 is 15.4 Å². The summed E-state index contributed by atoms with van der Waals surface area (Å²) >= 11 is 0. The van der Waals surface area contributed by atoms with Crippen molar-refractivity contribution in [3.8, 4) is 5.75 Å². The molecule has 8 nitrogen and oxygen atoms in total. The normalized spacial score (nSPS) is 15.8. The molecule has 8 heteroatoms. The smallest absolute Gasteiger partial charge is 0.253 e. The van der Waals surface area contributed by atoms with E-state index in [0.29, 0.717) is 56.9 Å². The molecule has 0 aliphatic carbocycles. The fraction of sp³-hybridized carbons (Fsp3) is 0.391. The number of hydrogen-bond acceptors (Lipinski definition) is 6. The number of rotatable bonds is 7. The summed E-state index contributed by atoms with van der Waals surface area (Å²) in [6.45, 7) is 2.59. The molecular formula is C23H29N5O3. The number of hydrogen-bond donors (Lipinski definition) is 2. The van der Waals surface area contributed by atoms with Gasteiger partial charge < -0.3 is 25.4 Å². The minimum Gasteiger partial charge on any atom is -0.492 e. The van der Waals surface area contributed by atoms with Crippen LogP contribution in [0.15, 0.2) is 54.9 Å². The average Bonchev–Trinajstić information content (AvgIpc) is 3.27. The number of piperidine rings is 1. The highest BCUT2D eigenvalue weighted by molar-refractivity contribution is 5.94.